The van der Waals surface area contributed by atoms with Gasteiger partial charge in [-0.15, -0.1) is 0 Å². The fourth-order valence-electron chi connectivity index (χ4n) is 2.52. The highest BCUT2D eigenvalue weighted by Crippen LogP contribution is 2.17. The maximum Gasteiger partial charge on any atom is 0.324 e. The first-order chi connectivity index (χ1) is 14.2. The van der Waals surface area contributed by atoms with Crippen molar-refractivity contribution in [3.8, 4) is 5.75 Å². The van der Waals surface area contributed by atoms with E-state index in [2.05, 4.69) is 10.0 Å². The monoisotopic (exact) mass is 434 g/mol. The molecule has 0 spiro atoms. The second-order valence-electron chi connectivity index (χ2n) is 6.89. The number of methoxy groups -OCH3 is 1. The van der Waals surface area contributed by atoms with Crippen molar-refractivity contribution < 1.29 is 27.5 Å². The van der Waals surface area contributed by atoms with Gasteiger partial charge in [0.1, 0.15) is 11.8 Å². The van der Waals surface area contributed by atoms with Gasteiger partial charge in [-0.2, -0.15) is 4.72 Å². The Morgan fingerprint density at radius 1 is 1.00 bits per heavy atom. The average Bonchev–Trinajstić information content (AvgIpc) is 2.75. The van der Waals surface area contributed by atoms with Gasteiger partial charge in [-0.05, 0) is 35.7 Å². The van der Waals surface area contributed by atoms with Crippen LogP contribution in [0.15, 0.2) is 59.5 Å². The van der Waals surface area contributed by atoms with Crippen molar-refractivity contribution in [1.82, 2.24) is 10.0 Å². The van der Waals surface area contributed by atoms with E-state index < -0.39 is 40.5 Å². The number of benzene rings is 2. The number of esters is 1. The summed E-state index contributed by atoms with van der Waals surface area (Å²) in [6.07, 6.45) is 0. The fraction of sp³-hybridized carbons (Fsp3) is 0.333. The molecule has 0 aliphatic carbocycles. The molecular formula is C21H26N2O6S. The molecule has 0 aliphatic rings. The van der Waals surface area contributed by atoms with Gasteiger partial charge in [-0.25, -0.2) is 8.42 Å². The maximum atomic E-state index is 12.6. The number of carbonyl (C=O) groups excluding carboxylic acids is 2. The van der Waals surface area contributed by atoms with Gasteiger partial charge in [-0.1, -0.05) is 44.2 Å². The zero-order valence-corrected chi connectivity index (χ0v) is 17.9. The van der Waals surface area contributed by atoms with Crippen molar-refractivity contribution in [2.45, 2.75) is 31.3 Å². The van der Waals surface area contributed by atoms with Crippen molar-refractivity contribution in [3.63, 3.8) is 0 Å². The molecule has 30 heavy (non-hydrogen) atoms. The first-order valence-corrected chi connectivity index (χ1v) is 10.8. The molecule has 1 atom stereocenters. The van der Waals surface area contributed by atoms with Gasteiger partial charge >= 0.3 is 5.97 Å². The van der Waals surface area contributed by atoms with Crippen molar-refractivity contribution in [3.05, 3.63) is 60.2 Å². The Morgan fingerprint density at radius 3 is 2.20 bits per heavy atom. The molecule has 2 aromatic carbocycles. The first-order valence-electron chi connectivity index (χ1n) is 9.36. The molecule has 2 rings (SSSR count). The number of nitrogens with one attached hydrogen (secondary N) is 2. The van der Waals surface area contributed by atoms with Crippen molar-refractivity contribution in [2.24, 2.45) is 5.92 Å². The van der Waals surface area contributed by atoms with E-state index in [1.165, 1.54) is 31.4 Å². The van der Waals surface area contributed by atoms with Gasteiger partial charge in [0.15, 0.2) is 6.61 Å². The molecule has 0 heterocycles. The third-order valence-corrected chi connectivity index (χ3v) is 5.71. The normalized spacial score (nSPS) is 12.3. The van der Waals surface area contributed by atoms with Gasteiger partial charge in [0.25, 0.3) is 5.91 Å². The predicted octanol–water partition coefficient (Wildman–Crippen LogP) is 1.86. The lowest BCUT2D eigenvalue weighted by Crippen LogP contribution is -2.46. The maximum absolute atomic E-state index is 12.6. The molecular weight excluding hydrogens is 408 g/mol. The third kappa shape index (κ3) is 6.85. The molecule has 1 amide bonds. The number of rotatable bonds is 10. The highest BCUT2D eigenvalue weighted by molar-refractivity contribution is 7.89. The quantitative estimate of drug-likeness (QED) is 0.552. The largest absolute Gasteiger partial charge is 0.497 e. The number of ether oxygens (including phenoxy) is 2. The molecule has 0 bridgehead atoms. The topological polar surface area (TPSA) is 111 Å². The summed E-state index contributed by atoms with van der Waals surface area (Å²) in [6, 6.07) is 13.9. The lowest BCUT2D eigenvalue weighted by Gasteiger charge is -2.20. The zero-order chi connectivity index (χ0) is 22.1. The average molecular weight is 435 g/mol. The third-order valence-electron chi connectivity index (χ3n) is 4.25. The Kier molecular flexibility index (Phi) is 8.37. The summed E-state index contributed by atoms with van der Waals surface area (Å²) in [5.41, 5.74) is 0.907. The minimum absolute atomic E-state index is 0.0117. The van der Waals surface area contributed by atoms with Gasteiger partial charge in [0.05, 0.1) is 12.0 Å². The van der Waals surface area contributed by atoms with Crippen LogP contribution in [-0.2, 0) is 30.9 Å². The van der Waals surface area contributed by atoms with E-state index in [1.807, 2.05) is 30.3 Å². The highest BCUT2D eigenvalue weighted by Gasteiger charge is 2.30. The van der Waals surface area contributed by atoms with Crippen LogP contribution >= 0.6 is 0 Å². The molecule has 0 radical (unpaired) electrons. The highest BCUT2D eigenvalue weighted by atomic mass is 32.2. The molecule has 0 saturated carbocycles. The SMILES string of the molecule is COc1ccc(S(=O)(=O)NC(C(=O)OCC(=O)NCc2ccccc2)C(C)C)cc1. The fourth-order valence-corrected chi connectivity index (χ4v) is 3.85. The van der Waals surface area contributed by atoms with Gasteiger partial charge in [-0.3, -0.25) is 9.59 Å². The Bertz CT molecular complexity index is 943. The molecule has 2 aromatic rings. The van der Waals surface area contributed by atoms with Crippen LogP contribution in [0.25, 0.3) is 0 Å². The summed E-state index contributed by atoms with van der Waals surface area (Å²) in [6.45, 7) is 3.16. The van der Waals surface area contributed by atoms with E-state index in [0.29, 0.717) is 12.3 Å². The Morgan fingerprint density at radius 2 is 1.63 bits per heavy atom. The second-order valence-corrected chi connectivity index (χ2v) is 8.60. The summed E-state index contributed by atoms with van der Waals surface area (Å²) in [4.78, 5) is 24.4. The Balaban J connectivity index is 1.94. The van der Waals surface area contributed by atoms with Crippen LogP contribution in [0.1, 0.15) is 19.4 Å². The van der Waals surface area contributed by atoms with E-state index in [1.54, 1.807) is 13.8 Å². The number of sulfonamides is 1. The van der Waals surface area contributed by atoms with Crippen molar-refractivity contribution in [1.29, 1.82) is 0 Å². The van der Waals surface area contributed by atoms with Crippen LogP contribution in [0.3, 0.4) is 0 Å². The van der Waals surface area contributed by atoms with Crippen LogP contribution in [0.4, 0.5) is 0 Å². The van der Waals surface area contributed by atoms with Crippen LogP contribution in [0, 0.1) is 5.92 Å². The summed E-state index contributed by atoms with van der Waals surface area (Å²) in [5.74, 6) is -1.18. The minimum Gasteiger partial charge on any atom is -0.497 e. The van der Waals surface area contributed by atoms with Crippen LogP contribution in [0.5, 0.6) is 5.75 Å². The molecule has 0 fully saturated rings. The summed E-state index contributed by atoms with van der Waals surface area (Å²) in [7, 11) is -2.49. The van der Waals surface area contributed by atoms with Crippen molar-refractivity contribution in [2.75, 3.05) is 13.7 Å². The standard InChI is InChI=1S/C21H26N2O6S/c1-15(2)20(23-30(26,27)18-11-9-17(28-3)10-12-18)21(25)29-14-19(24)22-13-16-7-5-4-6-8-16/h4-12,15,20,23H,13-14H2,1-3H3,(H,22,24). The molecule has 0 aliphatic heterocycles. The summed E-state index contributed by atoms with van der Waals surface area (Å²) >= 11 is 0. The molecule has 1 unspecified atom stereocenters. The van der Waals surface area contributed by atoms with E-state index in [-0.39, 0.29) is 4.90 Å². The van der Waals surface area contributed by atoms with E-state index in [0.717, 1.165) is 5.56 Å². The number of amides is 1. The minimum atomic E-state index is -3.97. The van der Waals surface area contributed by atoms with Crippen LogP contribution in [-0.4, -0.2) is 40.1 Å². The molecule has 9 heteroatoms. The summed E-state index contributed by atoms with van der Waals surface area (Å²) in [5, 5.41) is 2.64. The smallest absolute Gasteiger partial charge is 0.324 e. The summed E-state index contributed by atoms with van der Waals surface area (Å²) < 4.78 is 37.6. The van der Waals surface area contributed by atoms with Gasteiger partial charge < -0.3 is 14.8 Å². The van der Waals surface area contributed by atoms with Crippen molar-refractivity contribution >= 4 is 21.9 Å². The molecule has 2 N–H and O–H groups in total. The molecule has 162 valence electrons. The van der Waals surface area contributed by atoms with Crippen LogP contribution in [0.2, 0.25) is 0 Å². The van der Waals surface area contributed by atoms with E-state index >= 15 is 0 Å². The lowest BCUT2D eigenvalue weighted by molar-refractivity contribution is -0.151. The molecule has 0 aromatic heterocycles. The Labute approximate surface area is 176 Å². The van der Waals surface area contributed by atoms with Crippen LogP contribution < -0.4 is 14.8 Å². The molecule has 0 saturated heterocycles. The lowest BCUT2D eigenvalue weighted by atomic mass is 10.1. The number of hydrogen-bond donors (Lipinski definition) is 2. The predicted molar refractivity (Wildman–Crippen MR) is 111 cm³/mol. The van der Waals surface area contributed by atoms with E-state index in [4.69, 9.17) is 9.47 Å². The van der Waals surface area contributed by atoms with Gasteiger partial charge in [0, 0.05) is 6.54 Å². The molecule has 8 nitrogen and oxygen atoms in total. The van der Waals surface area contributed by atoms with Gasteiger partial charge in [0.2, 0.25) is 10.0 Å². The Hall–Kier alpha value is -2.91. The zero-order valence-electron chi connectivity index (χ0n) is 17.1. The van der Waals surface area contributed by atoms with E-state index in [9.17, 15) is 18.0 Å². The number of carbonyl (C=O) groups is 2. The number of hydrogen-bond acceptors (Lipinski definition) is 6. The first kappa shape index (κ1) is 23.4. The second kappa shape index (κ2) is 10.7.